The van der Waals surface area contributed by atoms with Gasteiger partial charge in [0.1, 0.15) is 16.1 Å². The van der Waals surface area contributed by atoms with Gasteiger partial charge >= 0.3 is 5.97 Å². The number of rotatable bonds is 6. The van der Waals surface area contributed by atoms with Crippen molar-refractivity contribution in [3.05, 3.63) is 18.0 Å². The second-order valence-electron chi connectivity index (χ2n) is 5.40. The Hall–Kier alpha value is -1.87. The summed E-state index contributed by atoms with van der Waals surface area (Å²) in [5, 5.41) is 11.6. The molecule has 1 heterocycles. The highest BCUT2D eigenvalue weighted by molar-refractivity contribution is 7.89. The molecule has 0 spiro atoms. The second-order valence-corrected chi connectivity index (χ2v) is 7.56. The first-order valence-corrected chi connectivity index (χ1v) is 8.04. The summed E-state index contributed by atoms with van der Waals surface area (Å²) in [6.07, 6.45) is 1.51. The smallest absolute Gasteiger partial charge is 0.329 e. The Labute approximate surface area is 129 Å². The van der Waals surface area contributed by atoms with Gasteiger partial charge in [0, 0.05) is 27.3 Å². The number of carbonyl (C=O) groups excluding carboxylic acids is 1. The van der Waals surface area contributed by atoms with Crippen molar-refractivity contribution in [2.75, 3.05) is 14.1 Å². The van der Waals surface area contributed by atoms with E-state index in [0.29, 0.717) is 0 Å². The number of nitrogens with one attached hydrogen (secondary N) is 1. The molecule has 1 atom stereocenters. The van der Waals surface area contributed by atoms with Gasteiger partial charge in [0.05, 0.1) is 0 Å². The zero-order chi connectivity index (χ0) is 17.3. The first-order valence-electron chi connectivity index (χ1n) is 6.60. The van der Waals surface area contributed by atoms with Crippen LogP contribution in [0.4, 0.5) is 0 Å². The molecule has 124 valence electrons. The first kappa shape index (κ1) is 18.2. The molecule has 1 aromatic heterocycles. The number of carbonyl (C=O) groups is 2. The van der Waals surface area contributed by atoms with Gasteiger partial charge < -0.3 is 15.0 Å². The highest BCUT2D eigenvalue weighted by Gasteiger charge is 2.34. The van der Waals surface area contributed by atoms with Crippen molar-refractivity contribution < 1.29 is 23.1 Å². The van der Waals surface area contributed by atoms with Gasteiger partial charge in [0.15, 0.2) is 0 Å². The van der Waals surface area contributed by atoms with Gasteiger partial charge in [-0.3, -0.25) is 4.79 Å². The zero-order valence-electron chi connectivity index (χ0n) is 13.2. The quantitative estimate of drug-likeness (QED) is 0.777. The van der Waals surface area contributed by atoms with Gasteiger partial charge in [-0.25, -0.2) is 17.5 Å². The minimum absolute atomic E-state index is 0.0290. The molecule has 0 radical (unpaired) electrons. The van der Waals surface area contributed by atoms with Crippen LogP contribution in [0.3, 0.4) is 0 Å². The number of hydrogen-bond donors (Lipinski definition) is 2. The van der Waals surface area contributed by atoms with E-state index in [1.165, 1.54) is 44.9 Å². The lowest BCUT2D eigenvalue weighted by atomic mass is 9.99. The molecular formula is C13H21N3O5S. The molecule has 0 bridgehead atoms. The standard InChI is InChI=1S/C13H21N3O5S/c1-6-13(2,12(18)19)14-11(17)10-7-9(8-16(10)5)22(20,21)15(3)4/h7-8H,6H2,1-5H3,(H,14,17)(H,18,19). The fraction of sp³-hybridized carbons (Fsp3) is 0.538. The molecule has 0 saturated carbocycles. The van der Waals surface area contributed by atoms with Gasteiger partial charge in [0.2, 0.25) is 10.0 Å². The highest BCUT2D eigenvalue weighted by Crippen LogP contribution is 2.18. The minimum atomic E-state index is -3.66. The number of hydrogen-bond acceptors (Lipinski definition) is 4. The summed E-state index contributed by atoms with van der Waals surface area (Å²) >= 11 is 0. The molecule has 1 rings (SSSR count). The van der Waals surface area contributed by atoms with Gasteiger partial charge in [-0.2, -0.15) is 0 Å². The summed E-state index contributed by atoms with van der Waals surface area (Å²) in [4.78, 5) is 23.5. The summed E-state index contributed by atoms with van der Waals surface area (Å²) in [5.74, 6) is -1.80. The van der Waals surface area contributed by atoms with Crippen LogP contribution in [-0.4, -0.2) is 53.9 Å². The Balaban J connectivity index is 3.17. The molecule has 0 aliphatic rings. The molecule has 0 saturated heterocycles. The largest absolute Gasteiger partial charge is 0.480 e. The number of amides is 1. The van der Waals surface area contributed by atoms with E-state index in [4.69, 9.17) is 0 Å². The Morgan fingerprint density at radius 1 is 1.41 bits per heavy atom. The third-order valence-corrected chi connectivity index (χ3v) is 5.34. The van der Waals surface area contributed by atoms with Crippen LogP contribution in [-0.2, 0) is 21.9 Å². The molecule has 0 fully saturated rings. The maximum atomic E-state index is 12.3. The molecule has 1 aromatic rings. The van der Waals surface area contributed by atoms with Gasteiger partial charge in [0.25, 0.3) is 5.91 Å². The van der Waals surface area contributed by atoms with Crippen molar-refractivity contribution in [2.24, 2.45) is 7.05 Å². The molecule has 9 heteroatoms. The van der Waals surface area contributed by atoms with Crippen LogP contribution in [0.15, 0.2) is 17.2 Å². The fourth-order valence-corrected chi connectivity index (χ4v) is 2.69. The van der Waals surface area contributed by atoms with Gasteiger partial charge in [-0.1, -0.05) is 6.92 Å². The normalized spacial score (nSPS) is 14.6. The summed E-state index contributed by atoms with van der Waals surface area (Å²) in [6.45, 7) is 3.04. The van der Waals surface area contributed by atoms with E-state index >= 15 is 0 Å². The summed E-state index contributed by atoms with van der Waals surface area (Å²) in [6, 6.07) is 1.22. The van der Waals surface area contributed by atoms with Crippen molar-refractivity contribution in [3.63, 3.8) is 0 Å². The van der Waals surface area contributed by atoms with E-state index in [1.807, 2.05) is 0 Å². The van der Waals surface area contributed by atoms with E-state index in [2.05, 4.69) is 5.32 Å². The summed E-state index contributed by atoms with van der Waals surface area (Å²) < 4.78 is 26.5. The maximum Gasteiger partial charge on any atom is 0.329 e. The van der Waals surface area contributed by atoms with Crippen LogP contribution >= 0.6 is 0 Å². The lowest BCUT2D eigenvalue weighted by Gasteiger charge is -2.24. The first-order chi connectivity index (χ1) is 9.95. The average molecular weight is 331 g/mol. The van der Waals surface area contributed by atoms with E-state index < -0.39 is 27.4 Å². The Morgan fingerprint density at radius 3 is 2.36 bits per heavy atom. The third kappa shape index (κ3) is 3.30. The summed E-state index contributed by atoms with van der Waals surface area (Å²) in [5.41, 5.74) is -1.34. The number of aryl methyl sites for hydroxylation is 1. The van der Waals surface area contributed by atoms with Crippen LogP contribution in [0, 0.1) is 0 Å². The van der Waals surface area contributed by atoms with Crippen molar-refractivity contribution in [1.82, 2.24) is 14.2 Å². The van der Waals surface area contributed by atoms with Crippen molar-refractivity contribution in [2.45, 2.75) is 30.7 Å². The van der Waals surface area contributed by atoms with E-state index in [9.17, 15) is 23.1 Å². The molecule has 1 amide bonds. The molecule has 1 unspecified atom stereocenters. The number of sulfonamides is 1. The molecular weight excluding hydrogens is 310 g/mol. The molecule has 0 aliphatic carbocycles. The lowest BCUT2D eigenvalue weighted by Crippen LogP contribution is -2.52. The van der Waals surface area contributed by atoms with Gasteiger partial charge in [-0.15, -0.1) is 0 Å². The van der Waals surface area contributed by atoms with Crippen molar-refractivity contribution in [3.8, 4) is 0 Å². The minimum Gasteiger partial charge on any atom is -0.480 e. The number of carboxylic acids is 1. The van der Waals surface area contributed by atoms with Crippen molar-refractivity contribution >= 4 is 21.9 Å². The predicted molar refractivity (Wildman–Crippen MR) is 80.1 cm³/mol. The number of aliphatic carboxylic acids is 1. The van der Waals surface area contributed by atoms with E-state index in [-0.39, 0.29) is 17.0 Å². The van der Waals surface area contributed by atoms with Crippen LogP contribution in [0.1, 0.15) is 30.8 Å². The van der Waals surface area contributed by atoms with Crippen LogP contribution < -0.4 is 5.32 Å². The Bertz CT molecular complexity index is 693. The molecule has 22 heavy (non-hydrogen) atoms. The Morgan fingerprint density at radius 2 is 1.95 bits per heavy atom. The van der Waals surface area contributed by atoms with Gasteiger partial charge in [-0.05, 0) is 19.4 Å². The topological polar surface area (TPSA) is 109 Å². The highest BCUT2D eigenvalue weighted by atomic mass is 32.2. The average Bonchev–Trinajstić information content (AvgIpc) is 2.80. The second kappa shape index (κ2) is 6.09. The Kier molecular flexibility index (Phi) is 5.03. The SMILES string of the molecule is CCC(C)(NC(=O)c1cc(S(=O)(=O)N(C)C)cn1C)C(=O)O. The van der Waals surface area contributed by atoms with Crippen LogP contribution in [0.5, 0.6) is 0 Å². The monoisotopic (exact) mass is 331 g/mol. The van der Waals surface area contributed by atoms with Crippen LogP contribution in [0.2, 0.25) is 0 Å². The zero-order valence-corrected chi connectivity index (χ0v) is 14.1. The molecule has 2 N–H and O–H groups in total. The summed E-state index contributed by atoms with van der Waals surface area (Å²) in [7, 11) is 0.639. The third-order valence-electron chi connectivity index (χ3n) is 3.56. The fourth-order valence-electron chi connectivity index (χ4n) is 1.72. The lowest BCUT2D eigenvalue weighted by molar-refractivity contribution is -0.143. The van der Waals surface area contributed by atoms with E-state index in [0.717, 1.165) is 4.31 Å². The predicted octanol–water partition coefficient (Wildman–Crippen LogP) is 0.259. The molecule has 8 nitrogen and oxygen atoms in total. The van der Waals surface area contributed by atoms with E-state index in [1.54, 1.807) is 6.92 Å². The molecule has 0 aliphatic heterocycles. The van der Waals surface area contributed by atoms with Crippen molar-refractivity contribution in [1.29, 1.82) is 0 Å². The number of carboxylic acid groups (broad SMARTS) is 1. The maximum absolute atomic E-state index is 12.3. The van der Waals surface area contributed by atoms with Crippen LogP contribution in [0.25, 0.3) is 0 Å². The number of nitrogens with zero attached hydrogens (tertiary/aromatic N) is 2. The molecule has 0 aromatic carbocycles. The number of aromatic nitrogens is 1.